The monoisotopic (exact) mass is 547 g/mol. The van der Waals surface area contributed by atoms with Crippen molar-refractivity contribution in [1.82, 2.24) is 9.88 Å². The molecule has 0 saturated carbocycles. The zero-order valence-corrected chi connectivity index (χ0v) is 21.6. The number of carbonyl (C=O) groups is 1. The molecule has 184 valence electrons. The largest absolute Gasteiger partial charge is 0.379 e. The first-order valence-electron chi connectivity index (χ1n) is 10.7. The highest BCUT2D eigenvalue weighted by atomic mass is 35.5. The highest BCUT2D eigenvalue weighted by Gasteiger charge is 2.22. The van der Waals surface area contributed by atoms with Crippen LogP contribution < -0.4 is 4.90 Å². The summed E-state index contributed by atoms with van der Waals surface area (Å²) in [5.74, 6) is -0.862. The SMILES string of the molecule is Cl.O=C(CCSc1ccc(Cl)cc1)N(CCCN1CCOCC1)c1nc2c(F)cc(F)cc2s1. The lowest BCUT2D eigenvalue weighted by atomic mass is 10.3. The molecule has 0 bridgehead atoms. The van der Waals surface area contributed by atoms with Crippen LogP contribution in [0.5, 0.6) is 0 Å². The van der Waals surface area contributed by atoms with Crippen molar-refractivity contribution in [3.63, 3.8) is 0 Å². The van der Waals surface area contributed by atoms with E-state index in [1.807, 2.05) is 24.3 Å². The van der Waals surface area contributed by atoms with Crippen LogP contribution >= 0.6 is 47.1 Å². The Kier molecular flexibility index (Phi) is 10.4. The minimum Gasteiger partial charge on any atom is -0.379 e. The Labute approximate surface area is 216 Å². The predicted octanol–water partition coefficient (Wildman–Crippen LogP) is 5.89. The van der Waals surface area contributed by atoms with Gasteiger partial charge in [-0.2, -0.15) is 0 Å². The first-order valence-corrected chi connectivity index (χ1v) is 12.9. The minimum absolute atomic E-state index is 0. The molecular weight excluding hydrogens is 523 g/mol. The Morgan fingerprint density at radius 1 is 1.21 bits per heavy atom. The fourth-order valence-electron chi connectivity index (χ4n) is 3.59. The molecule has 34 heavy (non-hydrogen) atoms. The number of aromatic nitrogens is 1. The molecule has 3 aromatic rings. The van der Waals surface area contributed by atoms with Gasteiger partial charge in [-0.15, -0.1) is 24.2 Å². The summed E-state index contributed by atoms with van der Waals surface area (Å²) in [6.07, 6.45) is 1.06. The van der Waals surface area contributed by atoms with Gasteiger partial charge in [-0.05, 0) is 36.8 Å². The number of rotatable bonds is 9. The normalized spacial score (nSPS) is 14.2. The number of fused-ring (bicyclic) bond motifs is 1. The zero-order chi connectivity index (χ0) is 23.2. The Bertz CT molecular complexity index is 1100. The lowest BCUT2D eigenvalue weighted by Crippen LogP contribution is -2.39. The van der Waals surface area contributed by atoms with Gasteiger partial charge in [0.2, 0.25) is 5.91 Å². The number of ether oxygens (including phenoxy) is 1. The number of thiazole rings is 1. The first-order chi connectivity index (χ1) is 16.0. The van der Waals surface area contributed by atoms with Crippen LogP contribution in [0, 0.1) is 11.6 Å². The number of amides is 1. The number of morpholine rings is 1. The number of carbonyl (C=O) groups excluding carboxylic acids is 1. The van der Waals surface area contributed by atoms with Gasteiger partial charge in [0.05, 0.1) is 17.9 Å². The summed E-state index contributed by atoms with van der Waals surface area (Å²) < 4.78 is 33.6. The van der Waals surface area contributed by atoms with Gasteiger partial charge in [-0.25, -0.2) is 13.8 Å². The molecule has 2 aromatic carbocycles. The van der Waals surface area contributed by atoms with Crippen molar-refractivity contribution in [3.8, 4) is 0 Å². The first kappa shape index (κ1) is 27.1. The number of hydrogen-bond acceptors (Lipinski definition) is 6. The third kappa shape index (κ3) is 7.26. The fraction of sp³-hybridized carbons (Fsp3) is 0.391. The number of hydrogen-bond donors (Lipinski definition) is 0. The number of anilines is 1. The third-order valence-electron chi connectivity index (χ3n) is 5.29. The number of benzene rings is 2. The molecule has 0 unspecified atom stereocenters. The molecule has 0 radical (unpaired) electrons. The van der Waals surface area contributed by atoms with Crippen LogP contribution in [0.1, 0.15) is 12.8 Å². The van der Waals surface area contributed by atoms with Gasteiger partial charge in [0, 0.05) is 54.3 Å². The average molecular weight is 549 g/mol. The van der Waals surface area contributed by atoms with Gasteiger partial charge in [0.1, 0.15) is 11.3 Å². The van der Waals surface area contributed by atoms with E-state index in [2.05, 4.69) is 9.88 Å². The van der Waals surface area contributed by atoms with Gasteiger partial charge in [0.25, 0.3) is 0 Å². The van der Waals surface area contributed by atoms with E-state index < -0.39 is 11.6 Å². The summed E-state index contributed by atoms with van der Waals surface area (Å²) in [7, 11) is 0. The second-order valence-corrected chi connectivity index (χ2v) is 10.2. The number of thioether (sulfide) groups is 1. The summed E-state index contributed by atoms with van der Waals surface area (Å²) >= 11 is 8.64. The van der Waals surface area contributed by atoms with Gasteiger partial charge >= 0.3 is 0 Å². The van der Waals surface area contributed by atoms with E-state index in [-0.39, 0.29) is 23.8 Å². The van der Waals surface area contributed by atoms with Gasteiger partial charge < -0.3 is 4.74 Å². The molecule has 5 nitrogen and oxygen atoms in total. The average Bonchev–Trinajstić information content (AvgIpc) is 3.22. The molecule has 2 heterocycles. The lowest BCUT2D eigenvalue weighted by Gasteiger charge is -2.27. The lowest BCUT2D eigenvalue weighted by molar-refractivity contribution is -0.118. The molecule has 11 heteroatoms. The molecule has 1 aromatic heterocycles. The maximum Gasteiger partial charge on any atom is 0.229 e. The van der Waals surface area contributed by atoms with Crippen molar-refractivity contribution >= 4 is 68.4 Å². The highest BCUT2D eigenvalue weighted by molar-refractivity contribution is 7.99. The van der Waals surface area contributed by atoms with E-state index in [1.165, 1.54) is 6.07 Å². The molecule has 1 aliphatic rings. The van der Waals surface area contributed by atoms with Crippen molar-refractivity contribution < 1.29 is 18.3 Å². The molecule has 0 N–H and O–H groups in total. The minimum atomic E-state index is -0.716. The summed E-state index contributed by atoms with van der Waals surface area (Å²) in [4.78, 5) is 22.4. The molecule has 0 spiro atoms. The second-order valence-electron chi connectivity index (χ2n) is 7.64. The van der Waals surface area contributed by atoms with Gasteiger partial charge in [0.15, 0.2) is 10.9 Å². The summed E-state index contributed by atoms with van der Waals surface area (Å²) in [6.45, 7) is 4.47. The van der Waals surface area contributed by atoms with E-state index >= 15 is 0 Å². The number of halogens is 4. The van der Waals surface area contributed by atoms with Gasteiger partial charge in [-0.1, -0.05) is 22.9 Å². The van der Waals surface area contributed by atoms with Crippen LogP contribution in [0.25, 0.3) is 10.2 Å². The van der Waals surface area contributed by atoms with E-state index in [0.29, 0.717) is 46.8 Å². The molecule has 0 aliphatic carbocycles. The van der Waals surface area contributed by atoms with E-state index in [0.717, 1.165) is 48.4 Å². The third-order valence-corrected chi connectivity index (χ3v) is 7.58. The highest BCUT2D eigenvalue weighted by Crippen LogP contribution is 2.32. The predicted molar refractivity (Wildman–Crippen MR) is 138 cm³/mol. The molecule has 1 fully saturated rings. The zero-order valence-electron chi connectivity index (χ0n) is 18.3. The molecule has 1 aliphatic heterocycles. The molecule has 4 rings (SSSR count). The topological polar surface area (TPSA) is 45.7 Å². The summed E-state index contributed by atoms with van der Waals surface area (Å²) in [5, 5.41) is 1.07. The maximum absolute atomic E-state index is 14.2. The molecule has 0 atom stereocenters. The fourth-order valence-corrected chi connectivity index (χ4v) is 5.60. The van der Waals surface area contributed by atoms with Crippen LogP contribution in [0.3, 0.4) is 0 Å². The number of nitrogens with zero attached hydrogens (tertiary/aromatic N) is 3. The van der Waals surface area contributed by atoms with Crippen molar-refractivity contribution in [2.75, 3.05) is 50.0 Å². The Morgan fingerprint density at radius 2 is 1.94 bits per heavy atom. The van der Waals surface area contributed by atoms with Crippen LogP contribution in [0.15, 0.2) is 41.3 Å². The second kappa shape index (κ2) is 13.0. The van der Waals surface area contributed by atoms with Crippen LogP contribution in [0.2, 0.25) is 5.02 Å². The molecule has 1 amide bonds. The van der Waals surface area contributed by atoms with Crippen molar-refractivity contribution in [2.45, 2.75) is 17.7 Å². The van der Waals surface area contributed by atoms with Crippen LogP contribution in [-0.4, -0.2) is 60.9 Å². The Hall–Kier alpha value is -1.49. The Morgan fingerprint density at radius 3 is 2.68 bits per heavy atom. The summed E-state index contributed by atoms with van der Waals surface area (Å²) in [6, 6.07) is 9.55. The van der Waals surface area contributed by atoms with E-state index in [9.17, 15) is 13.6 Å². The molecule has 1 saturated heterocycles. The van der Waals surface area contributed by atoms with Crippen molar-refractivity contribution in [3.05, 3.63) is 53.1 Å². The summed E-state index contributed by atoms with van der Waals surface area (Å²) in [5.41, 5.74) is 0.0953. The quantitative estimate of drug-likeness (QED) is 0.312. The van der Waals surface area contributed by atoms with Gasteiger partial charge in [-0.3, -0.25) is 14.6 Å². The van der Waals surface area contributed by atoms with E-state index in [1.54, 1.807) is 16.7 Å². The smallest absolute Gasteiger partial charge is 0.229 e. The van der Waals surface area contributed by atoms with Crippen molar-refractivity contribution in [2.24, 2.45) is 0 Å². The van der Waals surface area contributed by atoms with Crippen LogP contribution in [0.4, 0.5) is 13.9 Å². The van der Waals surface area contributed by atoms with Crippen molar-refractivity contribution in [1.29, 1.82) is 0 Å². The maximum atomic E-state index is 14.2. The van der Waals surface area contributed by atoms with E-state index in [4.69, 9.17) is 16.3 Å². The molecular formula is C23H25Cl2F2N3O2S2. The van der Waals surface area contributed by atoms with Crippen LogP contribution in [-0.2, 0) is 9.53 Å². The Balaban J connectivity index is 0.00000324. The standard InChI is InChI=1S/C23H24ClF2N3O2S2.ClH/c24-16-2-4-18(5-3-16)32-13-6-21(30)29(8-1-7-28-9-11-31-12-10-28)23-27-22-19(26)14-17(25)15-20(22)33-23;/h2-5,14-15H,1,6-13H2;1H.